The Bertz CT molecular complexity index is 256. The molecule has 0 saturated heterocycles. The number of rotatable bonds is 2. The molecular weight excluding hydrogens is 154 g/mol. The molecule has 0 fully saturated rings. The smallest absolute Gasteiger partial charge is 0.228 e. The third kappa shape index (κ3) is 2.62. The zero-order chi connectivity index (χ0) is 8.81. The highest BCUT2D eigenvalue weighted by molar-refractivity contribution is 5.75. The van der Waals surface area contributed by atoms with Crippen molar-refractivity contribution in [2.75, 3.05) is 7.11 Å². The highest BCUT2D eigenvalue weighted by Crippen LogP contribution is 2.08. The molecule has 0 radical (unpaired) electrons. The minimum Gasteiger partial charge on any atom is -0.440 e. The van der Waals surface area contributed by atoms with Crippen molar-refractivity contribution in [1.29, 1.82) is 0 Å². The maximum absolute atomic E-state index is 5.28. The monoisotopic (exact) mass is 165 g/mol. The number of ether oxygens (including phenoxy) is 1. The summed E-state index contributed by atoms with van der Waals surface area (Å²) in [6.07, 6.45) is 0. The summed E-state index contributed by atoms with van der Waals surface area (Å²) in [5.41, 5.74) is 0. The third-order valence-corrected chi connectivity index (χ3v) is 1.23. The van der Waals surface area contributed by atoms with Gasteiger partial charge in [0, 0.05) is 6.92 Å². The van der Waals surface area contributed by atoms with Crippen LogP contribution in [0.5, 0.6) is 5.75 Å². The Morgan fingerprint density at radius 2 is 1.92 bits per heavy atom. The van der Waals surface area contributed by atoms with Crippen molar-refractivity contribution in [3.05, 3.63) is 30.3 Å². The predicted octanol–water partition coefficient (Wildman–Crippen LogP) is 2.05. The molecule has 64 valence electrons. The molecule has 0 atom stereocenters. The zero-order valence-electron chi connectivity index (χ0n) is 7.15. The van der Waals surface area contributed by atoms with Crippen LogP contribution in [0.3, 0.4) is 0 Å². The quantitative estimate of drug-likeness (QED) is 0.381. The van der Waals surface area contributed by atoms with Crippen LogP contribution in [0.2, 0.25) is 0 Å². The highest BCUT2D eigenvalue weighted by Gasteiger charge is 1.93. The lowest BCUT2D eigenvalue weighted by Gasteiger charge is -2.02. The number of nitrogens with zero attached hydrogens (tertiary/aromatic N) is 1. The minimum atomic E-state index is 0.490. The van der Waals surface area contributed by atoms with Gasteiger partial charge in [-0.3, -0.25) is 0 Å². The van der Waals surface area contributed by atoms with Gasteiger partial charge in [-0.05, 0) is 12.1 Å². The normalized spacial score (nSPS) is 11.0. The Morgan fingerprint density at radius 3 is 2.50 bits per heavy atom. The molecule has 0 N–H and O–H groups in total. The van der Waals surface area contributed by atoms with Gasteiger partial charge in [0.05, 0.1) is 0 Å². The summed E-state index contributed by atoms with van der Waals surface area (Å²) in [6.45, 7) is 1.73. The zero-order valence-corrected chi connectivity index (χ0v) is 7.15. The molecule has 0 amide bonds. The first-order valence-corrected chi connectivity index (χ1v) is 3.63. The summed E-state index contributed by atoms with van der Waals surface area (Å²) >= 11 is 0. The van der Waals surface area contributed by atoms with Crippen LogP contribution >= 0.6 is 0 Å². The number of hydrogen-bond donors (Lipinski definition) is 0. The van der Waals surface area contributed by atoms with E-state index in [9.17, 15) is 0 Å². The topological polar surface area (TPSA) is 30.8 Å². The summed E-state index contributed by atoms with van der Waals surface area (Å²) in [6, 6.07) is 9.43. The first-order chi connectivity index (χ1) is 5.83. The molecule has 1 rings (SSSR count). The van der Waals surface area contributed by atoms with Gasteiger partial charge in [0.2, 0.25) is 5.90 Å². The molecule has 0 unspecified atom stereocenters. The lowest BCUT2D eigenvalue weighted by molar-refractivity contribution is 0.205. The van der Waals surface area contributed by atoms with Crippen molar-refractivity contribution in [3.8, 4) is 5.75 Å². The van der Waals surface area contributed by atoms with Gasteiger partial charge >= 0.3 is 0 Å². The van der Waals surface area contributed by atoms with Crippen LogP contribution in [0.15, 0.2) is 35.5 Å². The van der Waals surface area contributed by atoms with E-state index in [0.717, 1.165) is 5.75 Å². The molecule has 1 aromatic rings. The lowest BCUT2D eigenvalue weighted by Crippen LogP contribution is -2.02. The molecule has 0 bridgehead atoms. The Labute approximate surface area is 71.6 Å². The number of benzene rings is 1. The standard InChI is InChI=1S/C9H11NO2/c1-8(10-11-2)12-9-6-4-3-5-7-9/h3-7H,1-2H3/b10-8+. The second-order valence-corrected chi connectivity index (χ2v) is 2.21. The first-order valence-electron chi connectivity index (χ1n) is 3.63. The van der Waals surface area contributed by atoms with Crippen molar-refractivity contribution < 1.29 is 9.57 Å². The van der Waals surface area contributed by atoms with Gasteiger partial charge in [-0.2, -0.15) is 0 Å². The second kappa shape index (κ2) is 4.38. The van der Waals surface area contributed by atoms with E-state index in [1.807, 2.05) is 30.3 Å². The van der Waals surface area contributed by atoms with E-state index in [4.69, 9.17) is 4.74 Å². The molecular formula is C9H11NO2. The van der Waals surface area contributed by atoms with Gasteiger partial charge in [-0.1, -0.05) is 23.4 Å². The third-order valence-electron chi connectivity index (χ3n) is 1.23. The van der Waals surface area contributed by atoms with E-state index >= 15 is 0 Å². The molecule has 1 aromatic carbocycles. The maximum atomic E-state index is 5.28. The fourth-order valence-corrected chi connectivity index (χ4v) is 0.806. The van der Waals surface area contributed by atoms with Crippen LogP contribution in [-0.4, -0.2) is 13.0 Å². The van der Waals surface area contributed by atoms with Gasteiger partial charge in [0.15, 0.2) is 0 Å². The van der Waals surface area contributed by atoms with E-state index in [2.05, 4.69) is 9.99 Å². The van der Waals surface area contributed by atoms with E-state index in [1.54, 1.807) is 6.92 Å². The van der Waals surface area contributed by atoms with Gasteiger partial charge in [0.25, 0.3) is 0 Å². The van der Waals surface area contributed by atoms with E-state index < -0.39 is 0 Å². The summed E-state index contributed by atoms with van der Waals surface area (Å²) in [7, 11) is 1.48. The van der Waals surface area contributed by atoms with Crippen molar-refractivity contribution in [3.63, 3.8) is 0 Å². The van der Waals surface area contributed by atoms with Crippen molar-refractivity contribution >= 4 is 5.90 Å². The molecule has 0 aliphatic carbocycles. The molecule has 0 spiro atoms. The minimum absolute atomic E-state index is 0.490. The molecule has 0 aliphatic rings. The maximum Gasteiger partial charge on any atom is 0.228 e. The molecule has 0 aromatic heterocycles. The number of hydrogen-bond acceptors (Lipinski definition) is 3. The molecule has 0 heterocycles. The summed E-state index contributed by atoms with van der Waals surface area (Å²) in [4.78, 5) is 4.54. The van der Waals surface area contributed by atoms with Crippen molar-refractivity contribution in [2.24, 2.45) is 5.16 Å². The fourth-order valence-electron chi connectivity index (χ4n) is 0.806. The second-order valence-electron chi connectivity index (χ2n) is 2.21. The van der Waals surface area contributed by atoms with Gasteiger partial charge < -0.3 is 9.57 Å². The van der Waals surface area contributed by atoms with Crippen molar-refractivity contribution in [2.45, 2.75) is 6.92 Å². The highest BCUT2D eigenvalue weighted by atomic mass is 16.6. The van der Waals surface area contributed by atoms with Gasteiger partial charge in [0.1, 0.15) is 12.9 Å². The van der Waals surface area contributed by atoms with Gasteiger partial charge in [-0.25, -0.2) is 0 Å². The van der Waals surface area contributed by atoms with Crippen LogP contribution in [0.4, 0.5) is 0 Å². The van der Waals surface area contributed by atoms with Crippen LogP contribution in [0, 0.1) is 0 Å². The average Bonchev–Trinajstić information content (AvgIpc) is 2.06. The fraction of sp³-hybridized carbons (Fsp3) is 0.222. The molecule has 3 nitrogen and oxygen atoms in total. The first kappa shape index (κ1) is 8.59. The number of oxime groups is 1. The van der Waals surface area contributed by atoms with E-state index in [0.29, 0.717) is 5.90 Å². The molecule has 3 heteroatoms. The Balaban J connectivity index is 2.58. The largest absolute Gasteiger partial charge is 0.440 e. The summed E-state index contributed by atoms with van der Waals surface area (Å²) < 4.78 is 5.28. The van der Waals surface area contributed by atoms with E-state index in [1.165, 1.54) is 7.11 Å². The summed E-state index contributed by atoms with van der Waals surface area (Å²) in [5.74, 6) is 1.25. The van der Waals surface area contributed by atoms with Crippen LogP contribution in [0.25, 0.3) is 0 Å². The Morgan fingerprint density at radius 1 is 1.25 bits per heavy atom. The molecule has 12 heavy (non-hydrogen) atoms. The van der Waals surface area contributed by atoms with Crippen LogP contribution < -0.4 is 4.74 Å². The number of para-hydroxylation sites is 1. The molecule has 0 aliphatic heterocycles. The average molecular weight is 165 g/mol. The summed E-state index contributed by atoms with van der Waals surface area (Å²) in [5, 5.41) is 3.61. The molecule has 0 saturated carbocycles. The predicted molar refractivity (Wildman–Crippen MR) is 47.2 cm³/mol. The van der Waals surface area contributed by atoms with Crippen LogP contribution in [-0.2, 0) is 4.84 Å². The SMILES string of the molecule is CO/N=C(\C)Oc1ccccc1. The Kier molecular flexibility index (Phi) is 3.14. The van der Waals surface area contributed by atoms with E-state index in [-0.39, 0.29) is 0 Å². The lowest BCUT2D eigenvalue weighted by atomic mass is 10.3. The van der Waals surface area contributed by atoms with Crippen LogP contribution in [0.1, 0.15) is 6.92 Å². The Hall–Kier alpha value is -1.51. The van der Waals surface area contributed by atoms with Gasteiger partial charge in [-0.15, -0.1) is 0 Å². The van der Waals surface area contributed by atoms with Crippen molar-refractivity contribution in [1.82, 2.24) is 0 Å².